The van der Waals surface area contributed by atoms with Crippen LogP contribution in [0.1, 0.15) is 11.3 Å². The number of benzene rings is 1. The maximum absolute atomic E-state index is 6.01. The van der Waals surface area contributed by atoms with E-state index in [0.717, 1.165) is 29.0 Å². The van der Waals surface area contributed by atoms with Crippen LogP contribution in [0, 0.1) is 11.7 Å². The van der Waals surface area contributed by atoms with E-state index < -0.39 is 0 Å². The van der Waals surface area contributed by atoms with Crippen molar-refractivity contribution in [3.05, 3.63) is 52.4 Å². The van der Waals surface area contributed by atoms with E-state index in [0.29, 0.717) is 11.3 Å². The first-order chi connectivity index (χ1) is 10.2. The van der Waals surface area contributed by atoms with E-state index in [1.807, 2.05) is 41.8 Å². The minimum absolute atomic E-state index is 0.107. The molecule has 3 aromatic rings. The number of aromatic amines is 1. The molecule has 1 atom stereocenters. The summed E-state index contributed by atoms with van der Waals surface area (Å²) in [6.07, 6.45) is 1.02. The smallest absolute Gasteiger partial charge is 0.179 e. The molecule has 0 spiro atoms. The molecule has 0 saturated carbocycles. The maximum Gasteiger partial charge on any atom is 0.179 e. The van der Waals surface area contributed by atoms with Crippen molar-refractivity contribution in [3.63, 3.8) is 0 Å². The van der Waals surface area contributed by atoms with Crippen LogP contribution in [0.2, 0.25) is 0 Å². The number of pyridine rings is 1. The first-order valence-electron chi connectivity index (χ1n) is 7.01. The molecular weight excluding hydrogens is 282 g/mol. The fraction of sp³-hybridized carbons (Fsp3) is 0.250. The molecule has 0 bridgehead atoms. The van der Waals surface area contributed by atoms with E-state index in [9.17, 15) is 0 Å². The molecule has 106 valence electrons. The molecule has 0 fully saturated rings. The lowest BCUT2D eigenvalue weighted by Crippen LogP contribution is -2.21. The Balaban J connectivity index is 1.68. The highest BCUT2D eigenvalue weighted by molar-refractivity contribution is 7.71. The fourth-order valence-corrected chi connectivity index (χ4v) is 3.12. The first-order valence-corrected chi connectivity index (χ1v) is 7.42. The molecule has 5 heteroatoms. The van der Waals surface area contributed by atoms with Gasteiger partial charge in [-0.25, -0.2) is 4.98 Å². The molecule has 0 radical (unpaired) electrons. The second kappa shape index (κ2) is 4.70. The van der Waals surface area contributed by atoms with Crippen molar-refractivity contribution < 1.29 is 4.74 Å². The molecule has 21 heavy (non-hydrogen) atoms. The number of para-hydroxylation sites is 1. The van der Waals surface area contributed by atoms with Gasteiger partial charge in [0.15, 0.2) is 10.4 Å². The highest BCUT2D eigenvalue weighted by atomic mass is 32.1. The van der Waals surface area contributed by atoms with Gasteiger partial charge < -0.3 is 9.72 Å². The molecule has 4 nitrogen and oxygen atoms in total. The predicted octanol–water partition coefficient (Wildman–Crippen LogP) is 3.41. The zero-order valence-corrected chi connectivity index (χ0v) is 12.5. The SMILES string of the molecule is Cc1ccc2[nH]c(=S)n(CC3Cc4ccccc4O3)c2n1. The Morgan fingerprint density at radius 1 is 1.33 bits per heavy atom. The number of H-pyrrole nitrogens is 1. The van der Waals surface area contributed by atoms with Crippen molar-refractivity contribution in [2.24, 2.45) is 0 Å². The van der Waals surface area contributed by atoms with Gasteiger partial charge in [0.1, 0.15) is 11.9 Å². The molecule has 0 aliphatic carbocycles. The molecule has 1 aromatic carbocycles. The molecule has 3 heterocycles. The summed E-state index contributed by atoms with van der Waals surface area (Å²) in [5, 5.41) is 0. The summed E-state index contributed by atoms with van der Waals surface area (Å²) in [5.41, 5.74) is 4.12. The minimum atomic E-state index is 0.107. The van der Waals surface area contributed by atoms with Gasteiger partial charge in [0, 0.05) is 12.1 Å². The van der Waals surface area contributed by atoms with Crippen LogP contribution >= 0.6 is 12.2 Å². The number of imidazole rings is 1. The van der Waals surface area contributed by atoms with E-state index in [4.69, 9.17) is 17.0 Å². The molecule has 1 aliphatic rings. The summed E-state index contributed by atoms with van der Waals surface area (Å²) >= 11 is 5.43. The number of ether oxygens (including phenoxy) is 1. The largest absolute Gasteiger partial charge is 0.488 e. The van der Waals surface area contributed by atoms with Crippen LogP contribution in [-0.2, 0) is 13.0 Å². The molecule has 1 unspecified atom stereocenters. The van der Waals surface area contributed by atoms with Gasteiger partial charge in [-0.3, -0.25) is 4.57 Å². The maximum atomic E-state index is 6.01. The fourth-order valence-electron chi connectivity index (χ4n) is 2.85. The molecule has 2 aromatic heterocycles. The molecular formula is C16H15N3OS. The molecule has 4 rings (SSSR count). The Hall–Kier alpha value is -2.14. The third-order valence-corrected chi connectivity index (χ3v) is 4.18. The monoisotopic (exact) mass is 297 g/mol. The molecule has 0 saturated heterocycles. The number of rotatable bonds is 2. The number of nitrogens with zero attached hydrogens (tertiary/aromatic N) is 2. The Bertz CT molecular complexity index is 856. The quantitative estimate of drug-likeness (QED) is 0.737. The number of hydrogen-bond donors (Lipinski definition) is 1. The molecule has 1 N–H and O–H groups in total. The van der Waals surface area contributed by atoms with Gasteiger partial charge in [0.25, 0.3) is 0 Å². The second-order valence-corrected chi connectivity index (χ2v) is 5.80. The van der Waals surface area contributed by atoms with Gasteiger partial charge >= 0.3 is 0 Å². The summed E-state index contributed by atoms with van der Waals surface area (Å²) in [4.78, 5) is 7.81. The van der Waals surface area contributed by atoms with E-state index >= 15 is 0 Å². The normalized spacial score (nSPS) is 16.9. The first kappa shape index (κ1) is 12.6. The summed E-state index contributed by atoms with van der Waals surface area (Å²) < 4.78 is 8.74. The average Bonchev–Trinajstić information content (AvgIpc) is 3.01. The standard InChI is InChI=1S/C16H15N3OS/c1-10-6-7-13-15(17-10)19(16(21)18-13)9-12-8-11-4-2-3-5-14(11)20-12/h2-7,12H,8-9H2,1H3,(H,18,21). The van der Waals surface area contributed by atoms with E-state index in [1.165, 1.54) is 5.56 Å². The van der Waals surface area contributed by atoms with Gasteiger partial charge in [-0.15, -0.1) is 0 Å². The lowest BCUT2D eigenvalue weighted by molar-refractivity contribution is 0.210. The van der Waals surface area contributed by atoms with E-state index in [-0.39, 0.29) is 6.10 Å². The lowest BCUT2D eigenvalue weighted by Gasteiger charge is -2.12. The summed E-state index contributed by atoms with van der Waals surface area (Å²) in [7, 11) is 0. The third kappa shape index (κ3) is 2.14. The van der Waals surface area contributed by atoms with Gasteiger partial charge in [-0.05, 0) is 42.9 Å². The Kier molecular flexibility index (Phi) is 2.82. The number of fused-ring (bicyclic) bond motifs is 2. The van der Waals surface area contributed by atoms with Crippen LogP contribution in [0.3, 0.4) is 0 Å². The van der Waals surface area contributed by atoms with Crippen LogP contribution in [0.5, 0.6) is 5.75 Å². The Labute approximate surface area is 127 Å². The third-order valence-electron chi connectivity index (χ3n) is 3.86. The van der Waals surface area contributed by atoms with Gasteiger partial charge in [0.05, 0.1) is 12.1 Å². The van der Waals surface area contributed by atoms with Gasteiger partial charge in [0.2, 0.25) is 0 Å². The zero-order chi connectivity index (χ0) is 14.4. The molecule has 0 amide bonds. The van der Waals surface area contributed by atoms with Crippen molar-refractivity contribution in [1.29, 1.82) is 0 Å². The van der Waals surface area contributed by atoms with Gasteiger partial charge in [-0.2, -0.15) is 0 Å². The number of aryl methyl sites for hydroxylation is 1. The van der Waals surface area contributed by atoms with Crippen LogP contribution in [0.4, 0.5) is 0 Å². The van der Waals surface area contributed by atoms with Crippen molar-refractivity contribution in [3.8, 4) is 5.75 Å². The summed E-state index contributed by atoms with van der Waals surface area (Å²) in [6, 6.07) is 12.2. The predicted molar refractivity (Wildman–Crippen MR) is 84.2 cm³/mol. The van der Waals surface area contributed by atoms with Gasteiger partial charge in [-0.1, -0.05) is 18.2 Å². The van der Waals surface area contributed by atoms with Crippen molar-refractivity contribution >= 4 is 23.4 Å². The van der Waals surface area contributed by atoms with Crippen LogP contribution in [-0.4, -0.2) is 20.6 Å². The molecule has 1 aliphatic heterocycles. The number of nitrogens with one attached hydrogen (secondary N) is 1. The van der Waals surface area contributed by atoms with Crippen molar-refractivity contribution in [2.75, 3.05) is 0 Å². The Morgan fingerprint density at radius 3 is 3.05 bits per heavy atom. The second-order valence-electron chi connectivity index (χ2n) is 5.42. The lowest BCUT2D eigenvalue weighted by atomic mass is 10.1. The summed E-state index contributed by atoms with van der Waals surface area (Å²) in [6.45, 7) is 2.70. The highest BCUT2D eigenvalue weighted by Crippen LogP contribution is 2.29. The van der Waals surface area contributed by atoms with Crippen LogP contribution < -0.4 is 4.74 Å². The number of aromatic nitrogens is 3. The average molecular weight is 297 g/mol. The van der Waals surface area contributed by atoms with E-state index in [1.54, 1.807) is 0 Å². The summed E-state index contributed by atoms with van der Waals surface area (Å²) in [5.74, 6) is 0.984. The van der Waals surface area contributed by atoms with Crippen LogP contribution in [0.15, 0.2) is 36.4 Å². The van der Waals surface area contributed by atoms with Crippen molar-refractivity contribution in [2.45, 2.75) is 26.0 Å². The topological polar surface area (TPSA) is 42.8 Å². The Morgan fingerprint density at radius 2 is 2.19 bits per heavy atom. The minimum Gasteiger partial charge on any atom is -0.488 e. The van der Waals surface area contributed by atoms with E-state index in [2.05, 4.69) is 16.0 Å². The van der Waals surface area contributed by atoms with Crippen LogP contribution in [0.25, 0.3) is 11.2 Å². The van der Waals surface area contributed by atoms with Crippen molar-refractivity contribution in [1.82, 2.24) is 14.5 Å². The highest BCUT2D eigenvalue weighted by Gasteiger charge is 2.23. The zero-order valence-electron chi connectivity index (χ0n) is 11.7. The number of hydrogen-bond acceptors (Lipinski definition) is 3.